The first kappa shape index (κ1) is 19.1. The molecule has 6 nitrogen and oxygen atoms in total. The topological polar surface area (TPSA) is 69.0 Å². The minimum Gasteiger partial charge on any atom is -0.497 e. The fourth-order valence-electron chi connectivity index (χ4n) is 3.06. The molecule has 4 rings (SSSR count). The number of ether oxygens (including phenoxy) is 1. The van der Waals surface area contributed by atoms with Gasteiger partial charge in [-0.05, 0) is 42.8 Å². The van der Waals surface area contributed by atoms with E-state index in [4.69, 9.17) is 27.9 Å². The highest BCUT2D eigenvalue weighted by molar-refractivity contribution is 8.00. The molecule has 2 heterocycles. The van der Waals surface area contributed by atoms with Gasteiger partial charge in [0.15, 0.2) is 5.78 Å². The van der Waals surface area contributed by atoms with E-state index in [0.29, 0.717) is 20.8 Å². The number of benzene rings is 2. The standard InChI is InChI=1S/C19H16Cl2N4O2S/c1-10-22-23-19-25(10)24-16(11-3-6-13(27-2)7-4-11)18(28-19)17(26)14-8-5-12(20)9-15(14)21/h3-9,16,18,24H,1-2H3. The Morgan fingerprint density at radius 3 is 2.61 bits per heavy atom. The molecule has 0 amide bonds. The van der Waals surface area contributed by atoms with Crippen LogP contribution in [-0.4, -0.2) is 33.0 Å². The number of methoxy groups -OCH3 is 1. The van der Waals surface area contributed by atoms with Gasteiger partial charge in [0, 0.05) is 10.6 Å². The predicted octanol–water partition coefficient (Wildman–Crippen LogP) is 4.54. The number of hydrogen-bond donors (Lipinski definition) is 1. The average Bonchev–Trinajstić information content (AvgIpc) is 3.07. The van der Waals surface area contributed by atoms with Gasteiger partial charge in [0.25, 0.3) is 0 Å². The van der Waals surface area contributed by atoms with E-state index in [0.717, 1.165) is 17.1 Å². The molecule has 1 aromatic heterocycles. The molecular weight excluding hydrogens is 419 g/mol. The third-order valence-corrected chi connectivity index (χ3v) is 6.29. The van der Waals surface area contributed by atoms with Crippen molar-refractivity contribution in [3.63, 3.8) is 0 Å². The Kier molecular flexibility index (Phi) is 5.23. The number of aryl methyl sites for hydroxylation is 1. The number of nitrogens with zero attached hydrogens (tertiary/aromatic N) is 3. The molecule has 1 N–H and O–H groups in total. The number of nitrogens with one attached hydrogen (secondary N) is 1. The van der Waals surface area contributed by atoms with Gasteiger partial charge in [-0.25, -0.2) is 4.68 Å². The van der Waals surface area contributed by atoms with Crippen molar-refractivity contribution in [2.24, 2.45) is 0 Å². The lowest BCUT2D eigenvalue weighted by molar-refractivity contribution is 0.0980. The van der Waals surface area contributed by atoms with Gasteiger partial charge in [-0.2, -0.15) is 0 Å². The van der Waals surface area contributed by atoms with Gasteiger partial charge in [-0.15, -0.1) is 10.2 Å². The summed E-state index contributed by atoms with van der Waals surface area (Å²) in [6.45, 7) is 1.85. The Morgan fingerprint density at radius 2 is 1.93 bits per heavy atom. The number of fused-ring (bicyclic) bond motifs is 1. The fourth-order valence-corrected chi connectivity index (χ4v) is 4.76. The number of carbonyl (C=O) groups excluding carboxylic acids is 1. The molecule has 0 bridgehead atoms. The van der Waals surface area contributed by atoms with Crippen LogP contribution in [0.4, 0.5) is 0 Å². The van der Waals surface area contributed by atoms with E-state index in [9.17, 15) is 4.79 Å². The van der Waals surface area contributed by atoms with Crippen LogP contribution in [0.2, 0.25) is 10.0 Å². The third kappa shape index (κ3) is 3.45. The summed E-state index contributed by atoms with van der Waals surface area (Å²) in [4.78, 5) is 13.4. The van der Waals surface area contributed by atoms with Gasteiger partial charge in [-0.3, -0.25) is 4.79 Å². The molecule has 0 radical (unpaired) electrons. The van der Waals surface area contributed by atoms with Gasteiger partial charge in [0.1, 0.15) is 16.8 Å². The summed E-state index contributed by atoms with van der Waals surface area (Å²) < 4.78 is 7.04. The minimum absolute atomic E-state index is 0.105. The first-order valence-electron chi connectivity index (χ1n) is 8.46. The smallest absolute Gasteiger partial charge is 0.210 e. The molecule has 0 saturated heterocycles. The van der Waals surface area contributed by atoms with Crippen LogP contribution in [0.5, 0.6) is 5.75 Å². The maximum Gasteiger partial charge on any atom is 0.210 e. The van der Waals surface area contributed by atoms with Gasteiger partial charge in [0.2, 0.25) is 5.16 Å². The van der Waals surface area contributed by atoms with Gasteiger partial charge >= 0.3 is 0 Å². The lowest BCUT2D eigenvalue weighted by Crippen LogP contribution is -2.39. The molecule has 2 unspecified atom stereocenters. The molecule has 1 aliphatic rings. The molecule has 2 aromatic carbocycles. The number of rotatable bonds is 4. The highest BCUT2D eigenvalue weighted by atomic mass is 35.5. The van der Waals surface area contributed by atoms with Crippen LogP contribution < -0.4 is 10.2 Å². The molecule has 28 heavy (non-hydrogen) atoms. The van der Waals surface area contributed by atoms with E-state index in [-0.39, 0.29) is 11.8 Å². The van der Waals surface area contributed by atoms with E-state index < -0.39 is 5.25 Å². The lowest BCUT2D eigenvalue weighted by atomic mass is 9.97. The quantitative estimate of drug-likeness (QED) is 0.607. The number of carbonyl (C=O) groups is 1. The molecule has 0 fully saturated rings. The number of thioether (sulfide) groups is 1. The maximum absolute atomic E-state index is 13.4. The Bertz CT molecular complexity index is 1040. The minimum atomic E-state index is -0.483. The number of hydrogen-bond acceptors (Lipinski definition) is 6. The van der Waals surface area contributed by atoms with Gasteiger partial charge < -0.3 is 10.2 Å². The van der Waals surface area contributed by atoms with E-state index >= 15 is 0 Å². The zero-order valence-electron chi connectivity index (χ0n) is 15.0. The third-order valence-electron chi connectivity index (χ3n) is 4.53. The van der Waals surface area contributed by atoms with E-state index in [2.05, 4.69) is 15.6 Å². The molecule has 2 atom stereocenters. The van der Waals surface area contributed by atoms with E-state index in [1.165, 1.54) is 11.8 Å². The van der Waals surface area contributed by atoms with Crippen LogP contribution in [0.1, 0.15) is 27.8 Å². The Labute approximate surface area is 176 Å². The number of Topliss-reactive ketones (excluding diaryl/α,β-unsaturated/α-hetero) is 1. The van der Waals surface area contributed by atoms with Crippen molar-refractivity contribution >= 4 is 40.7 Å². The van der Waals surface area contributed by atoms with Crippen molar-refractivity contribution < 1.29 is 9.53 Å². The van der Waals surface area contributed by atoms with Crippen molar-refractivity contribution in [1.82, 2.24) is 14.9 Å². The summed E-state index contributed by atoms with van der Waals surface area (Å²) in [6.07, 6.45) is 0. The molecule has 9 heteroatoms. The second kappa shape index (κ2) is 7.66. The molecule has 0 saturated carbocycles. The monoisotopic (exact) mass is 434 g/mol. The predicted molar refractivity (Wildman–Crippen MR) is 110 cm³/mol. The average molecular weight is 435 g/mol. The second-order valence-corrected chi connectivity index (χ2v) is 8.22. The SMILES string of the molecule is COc1ccc(C2Nn3c(C)nnc3SC2C(=O)c2ccc(Cl)cc2Cl)cc1. The largest absolute Gasteiger partial charge is 0.497 e. The number of ketones is 1. The highest BCUT2D eigenvalue weighted by Gasteiger charge is 2.38. The number of halogens is 2. The van der Waals surface area contributed by atoms with Crippen molar-refractivity contribution in [3.8, 4) is 5.75 Å². The molecule has 144 valence electrons. The first-order chi connectivity index (χ1) is 13.5. The molecule has 0 spiro atoms. The number of aromatic nitrogens is 3. The van der Waals surface area contributed by atoms with Crippen molar-refractivity contribution in [2.75, 3.05) is 12.5 Å². The normalized spacial score (nSPS) is 18.3. The summed E-state index contributed by atoms with van der Waals surface area (Å²) in [5.41, 5.74) is 4.74. The van der Waals surface area contributed by atoms with E-state index in [1.807, 2.05) is 31.2 Å². The Morgan fingerprint density at radius 1 is 1.18 bits per heavy atom. The maximum atomic E-state index is 13.4. The molecular formula is C19H16Cl2N4O2S. The van der Waals surface area contributed by atoms with Gasteiger partial charge in [-0.1, -0.05) is 47.1 Å². The lowest BCUT2D eigenvalue weighted by Gasteiger charge is -2.33. The summed E-state index contributed by atoms with van der Waals surface area (Å²) >= 11 is 13.6. The van der Waals surface area contributed by atoms with Crippen LogP contribution in [0.15, 0.2) is 47.6 Å². The molecule has 0 aliphatic carbocycles. The fraction of sp³-hybridized carbons (Fsp3) is 0.211. The van der Waals surface area contributed by atoms with E-state index in [1.54, 1.807) is 30.0 Å². The Hall–Kier alpha value is -2.22. The zero-order valence-corrected chi connectivity index (χ0v) is 17.3. The summed E-state index contributed by atoms with van der Waals surface area (Å²) in [7, 11) is 1.62. The summed E-state index contributed by atoms with van der Waals surface area (Å²) in [5, 5.41) is 9.23. The van der Waals surface area contributed by atoms with Crippen LogP contribution >= 0.6 is 35.0 Å². The van der Waals surface area contributed by atoms with Crippen LogP contribution in [-0.2, 0) is 0 Å². The first-order valence-corrected chi connectivity index (χ1v) is 10.1. The Balaban J connectivity index is 1.75. The molecule has 1 aliphatic heterocycles. The van der Waals surface area contributed by atoms with Crippen LogP contribution in [0.25, 0.3) is 0 Å². The van der Waals surface area contributed by atoms with Crippen molar-refractivity contribution in [2.45, 2.75) is 23.4 Å². The summed E-state index contributed by atoms with van der Waals surface area (Å²) in [6, 6.07) is 12.2. The molecule has 3 aromatic rings. The zero-order chi connectivity index (χ0) is 19.8. The van der Waals surface area contributed by atoms with Gasteiger partial charge in [0.05, 0.1) is 18.2 Å². The van der Waals surface area contributed by atoms with Crippen LogP contribution in [0.3, 0.4) is 0 Å². The van der Waals surface area contributed by atoms with Crippen molar-refractivity contribution in [1.29, 1.82) is 0 Å². The second-order valence-electron chi connectivity index (χ2n) is 6.27. The highest BCUT2D eigenvalue weighted by Crippen LogP contribution is 2.40. The van der Waals surface area contributed by atoms with Crippen molar-refractivity contribution in [3.05, 3.63) is 69.5 Å². The van der Waals surface area contributed by atoms with Crippen LogP contribution in [0, 0.1) is 6.92 Å². The summed E-state index contributed by atoms with van der Waals surface area (Å²) in [5.74, 6) is 1.36.